The second-order valence-electron chi connectivity index (χ2n) is 5.73. The lowest BCUT2D eigenvalue weighted by Crippen LogP contribution is -2.03. The molecule has 0 aliphatic heterocycles. The monoisotopic (exact) mass is 398 g/mol. The Morgan fingerprint density at radius 1 is 0.552 bits per heavy atom. The fourth-order valence-electron chi connectivity index (χ4n) is 2.45. The van der Waals surface area contributed by atoms with Gasteiger partial charge in [0.05, 0.1) is 22.3 Å². The maximum atomic E-state index is 11.2. The number of carboxylic acid groups (broad SMARTS) is 4. The molecule has 0 aliphatic rings. The van der Waals surface area contributed by atoms with Gasteiger partial charge in [0.2, 0.25) is 11.8 Å². The van der Waals surface area contributed by atoms with Crippen LogP contribution in [-0.4, -0.2) is 54.5 Å². The molecule has 3 aromatic rings. The zero-order valence-corrected chi connectivity index (χ0v) is 14.2. The summed E-state index contributed by atoms with van der Waals surface area (Å²) in [6, 6.07) is 6.43. The van der Waals surface area contributed by atoms with Gasteiger partial charge in [-0.3, -0.25) is 0 Å². The van der Waals surface area contributed by atoms with Crippen molar-refractivity contribution >= 4 is 23.9 Å². The molecule has 1 aromatic heterocycles. The minimum absolute atomic E-state index is 0.00824. The lowest BCUT2D eigenvalue weighted by Gasteiger charge is -2.03. The van der Waals surface area contributed by atoms with E-state index in [9.17, 15) is 19.2 Å². The second-order valence-corrected chi connectivity index (χ2v) is 5.73. The molecule has 0 saturated heterocycles. The van der Waals surface area contributed by atoms with E-state index >= 15 is 0 Å². The molecular formula is C18H10N2O9. The van der Waals surface area contributed by atoms with Crippen molar-refractivity contribution < 1.29 is 44.0 Å². The Hall–Kier alpha value is -4.54. The van der Waals surface area contributed by atoms with E-state index in [2.05, 4.69) is 10.2 Å². The van der Waals surface area contributed by atoms with Crippen LogP contribution in [0, 0.1) is 0 Å². The molecule has 146 valence electrons. The molecule has 11 nitrogen and oxygen atoms in total. The molecule has 0 atom stereocenters. The van der Waals surface area contributed by atoms with Gasteiger partial charge < -0.3 is 24.8 Å². The normalized spacial score (nSPS) is 10.5. The lowest BCUT2D eigenvalue weighted by atomic mass is 10.1. The molecule has 0 aliphatic carbocycles. The van der Waals surface area contributed by atoms with Crippen LogP contribution in [0.5, 0.6) is 0 Å². The van der Waals surface area contributed by atoms with Crippen molar-refractivity contribution in [2.75, 3.05) is 0 Å². The molecule has 0 fully saturated rings. The van der Waals surface area contributed by atoms with E-state index in [0.717, 1.165) is 36.4 Å². The van der Waals surface area contributed by atoms with Crippen LogP contribution in [-0.2, 0) is 0 Å². The topological polar surface area (TPSA) is 188 Å². The van der Waals surface area contributed by atoms with Crippen LogP contribution >= 0.6 is 0 Å². The first kappa shape index (κ1) is 19.2. The van der Waals surface area contributed by atoms with Crippen LogP contribution in [0.4, 0.5) is 0 Å². The fraction of sp³-hybridized carbons (Fsp3) is 0. The number of nitrogens with zero attached hydrogens (tertiary/aromatic N) is 2. The van der Waals surface area contributed by atoms with E-state index in [1.165, 1.54) is 0 Å². The summed E-state index contributed by atoms with van der Waals surface area (Å²) in [6.45, 7) is 0. The Balaban J connectivity index is 2.11. The molecule has 0 amide bonds. The van der Waals surface area contributed by atoms with Crippen molar-refractivity contribution in [2.24, 2.45) is 0 Å². The van der Waals surface area contributed by atoms with Crippen molar-refractivity contribution in [3.63, 3.8) is 0 Å². The van der Waals surface area contributed by atoms with Gasteiger partial charge in [-0.25, -0.2) is 19.2 Å². The smallest absolute Gasteiger partial charge is 0.335 e. The molecular weight excluding hydrogens is 388 g/mol. The summed E-state index contributed by atoms with van der Waals surface area (Å²) < 4.78 is 5.40. The van der Waals surface area contributed by atoms with E-state index in [-0.39, 0.29) is 45.2 Å². The standard InChI is InChI=1S/C18H10N2O9/c21-15(22)9-1-7(2-10(5-9)16(23)24)13-19-20-14(29-13)8-3-11(17(25)26)6-12(4-8)18(27)28/h1-6H,(H,21,22)(H,23,24)(H,25,26)(H,27,28). The van der Waals surface area contributed by atoms with Gasteiger partial charge in [0.1, 0.15) is 0 Å². The number of aromatic carboxylic acids is 4. The number of carboxylic acids is 4. The van der Waals surface area contributed by atoms with E-state index in [1.54, 1.807) is 0 Å². The molecule has 2 aromatic carbocycles. The first-order valence-corrected chi connectivity index (χ1v) is 7.73. The summed E-state index contributed by atoms with van der Waals surface area (Å²) >= 11 is 0. The van der Waals surface area contributed by atoms with Crippen LogP contribution in [0.3, 0.4) is 0 Å². The van der Waals surface area contributed by atoms with Gasteiger partial charge in [-0.1, -0.05) is 0 Å². The van der Waals surface area contributed by atoms with Crippen LogP contribution < -0.4 is 0 Å². The number of rotatable bonds is 6. The van der Waals surface area contributed by atoms with Crippen molar-refractivity contribution in [3.05, 3.63) is 58.7 Å². The van der Waals surface area contributed by atoms with Gasteiger partial charge in [-0.15, -0.1) is 10.2 Å². The summed E-state index contributed by atoms with van der Waals surface area (Å²) in [6.07, 6.45) is 0. The van der Waals surface area contributed by atoms with Gasteiger partial charge >= 0.3 is 23.9 Å². The summed E-state index contributed by atoms with van der Waals surface area (Å²) in [4.78, 5) is 44.9. The molecule has 11 heteroatoms. The van der Waals surface area contributed by atoms with Gasteiger partial charge in [0.25, 0.3) is 0 Å². The summed E-state index contributed by atoms with van der Waals surface area (Å²) in [7, 11) is 0. The molecule has 0 spiro atoms. The highest BCUT2D eigenvalue weighted by Crippen LogP contribution is 2.27. The van der Waals surface area contributed by atoms with Crippen molar-refractivity contribution in [1.29, 1.82) is 0 Å². The first-order valence-electron chi connectivity index (χ1n) is 7.73. The predicted octanol–water partition coefficient (Wildman–Crippen LogP) is 2.20. The van der Waals surface area contributed by atoms with E-state index in [4.69, 9.17) is 24.8 Å². The van der Waals surface area contributed by atoms with E-state index in [1.807, 2.05) is 0 Å². The Labute approximate surface area is 160 Å². The van der Waals surface area contributed by atoms with Gasteiger partial charge in [-0.2, -0.15) is 0 Å². The van der Waals surface area contributed by atoms with Crippen LogP contribution in [0.2, 0.25) is 0 Å². The zero-order valence-electron chi connectivity index (χ0n) is 14.2. The SMILES string of the molecule is O=C(O)c1cc(C(=O)O)cc(-c2nnc(-c3cc(C(=O)O)cc(C(=O)O)c3)o2)c1. The molecule has 0 saturated carbocycles. The molecule has 1 heterocycles. The Morgan fingerprint density at radius 2 is 0.828 bits per heavy atom. The summed E-state index contributed by atoms with van der Waals surface area (Å²) in [5.41, 5.74) is -1.26. The van der Waals surface area contributed by atoms with Crippen molar-refractivity contribution in [3.8, 4) is 22.9 Å². The number of hydrogen-bond donors (Lipinski definition) is 4. The van der Waals surface area contributed by atoms with Crippen molar-refractivity contribution in [1.82, 2.24) is 10.2 Å². The highest BCUT2D eigenvalue weighted by atomic mass is 16.4. The maximum Gasteiger partial charge on any atom is 0.335 e. The van der Waals surface area contributed by atoms with E-state index < -0.39 is 23.9 Å². The number of carbonyl (C=O) groups is 4. The zero-order chi connectivity index (χ0) is 21.3. The third-order valence-corrected chi connectivity index (χ3v) is 3.77. The van der Waals surface area contributed by atoms with Crippen LogP contribution in [0.25, 0.3) is 22.9 Å². The van der Waals surface area contributed by atoms with Crippen LogP contribution in [0.1, 0.15) is 41.4 Å². The number of aromatic nitrogens is 2. The van der Waals surface area contributed by atoms with Crippen molar-refractivity contribution in [2.45, 2.75) is 0 Å². The summed E-state index contributed by atoms with van der Waals surface area (Å²) in [5.74, 6) is -5.93. The number of hydrogen-bond acceptors (Lipinski definition) is 7. The minimum atomic E-state index is -1.37. The number of benzene rings is 2. The molecule has 29 heavy (non-hydrogen) atoms. The molecule has 4 N–H and O–H groups in total. The van der Waals surface area contributed by atoms with E-state index in [0.29, 0.717) is 0 Å². The third kappa shape index (κ3) is 3.93. The third-order valence-electron chi connectivity index (χ3n) is 3.77. The molecule has 0 radical (unpaired) electrons. The fourth-order valence-corrected chi connectivity index (χ4v) is 2.45. The molecule has 0 unspecified atom stereocenters. The quantitative estimate of drug-likeness (QED) is 0.476. The van der Waals surface area contributed by atoms with Gasteiger partial charge in [0.15, 0.2) is 0 Å². The second kappa shape index (κ2) is 7.23. The highest BCUT2D eigenvalue weighted by Gasteiger charge is 2.19. The molecule has 3 rings (SSSR count). The van der Waals surface area contributed by atoms with Crippen LogP contribution in [0.15, 0.2) is 40.8 Å². The average Bonchev–Trinajstić information content (AvgIpc) is 3.17. The largest absolute Gasteiger partial charge is 0.478 e. The lowest BCUT2D eigenvalue weighted by molar-refractivity contribution is 0.0676. The average molecular weight is 398 g/mol. The van der Waals surface area contributed by atoms with Gasteiger partial charge in [0, 0.05) is 11.1 Å². The Bertz CT molecular complexity index is 1030. The maximum absolute atomic E-state index is 11.2. The summed E-state index contributed by atoms with van der Waals surface area (Å²) in [5, 5.41) is 44.0. The first-order chi connectivity index (χ1) is 13.7. The Kier molecular flexibility index (Phi) is 4.79. The highest BCUT2D eigenvalue weighted by molar-refractivity contribution is 5.96. The predicted molar refractivity (Wildman–Crippen MR) is 93.0 cm³/mol. The minimum Gasteiger partial charge on any atom is -0.478 e. The molecule has 0 bridgehead atoms. The Morgan fingerprint density at radius 3 is 1.07 bits per heavy atom. The van der Waals surface area contributed by atoms with Gasteiger partial charge in [-0.05, 0) is 36.4 Å².